The van der Waals surface area contributed by atoms with Gasteiger partial charge in [-0.3, -0.25) is 4.79 Å². The topological polar surface area (TPSA) is 52.9 Å². The highest BCUT2D eigenvalue weighted by molar-refractivity contribution is 6.10. The van der Waals surface area contributed by atoms with Gasteiger partial charge >= 0.3 is 0 Å². The molecule has 0 saturated heterocycles. The number of rotatable bonds is 3. The molecule has 0 spiro atoms. The molecular weight excluding hydrogens is 320 g/mol. The normalized spacial score (nSPS) is 11.8. The monoisotopic (exact) mass is 346 g/mol. The van der Waals surface area contributed by atoms with E-state index < -0.39 is 0 Å². The Bertz CT molecular complexity index is 868. The van der Waals surface area contributed by atoms with E-state index in [1.807, 2.05) is 63.2 Å². The molecule has 0 aliphatic carbocycles. The van der Waals surface area contributed by atoms with Crippen LogP contribution in [0.3, 0.4) is 0 Å². The van der Waals surface area contributed by atoms with Crippen molar-refractivity contribution in [2.24, 2.45) is 0 Å². The van der Waals surface area contributed by atoms with Crippen molar-refractivity contribution in [2.45, 2.75) is 47.0 Å². The average molecular weight is 346 g/mol. The van der Waals surface area contributed by atoms with Gasteiger partial charge in [0.1, 0.15) is 11.6 Å². The molecule has 3 heteroatoms. The van der Waals surface area contributed by atoms with E-state index in [-0.39, 0.29) is 16.9 Å². The third kappa shape index (κ3) is 4.61. The van der Waals surface area contributed by atoms with Gasteiger partial charge in [0.2, 0.25) is 0 Å². The molecule has 134 valence electrons. The molecule has 0 bridgehead atoms. The SMILES string of the molecule is Cc1cc(C)c(NC(=O)/C(C#N)=C/c2ccc(C(C)(C)C)cc2)c(C)c1. The third-order valence-electron chi connectivity index (χ3n) is 4.37. The molecule has 3 nitrogen and oxygen atoms in total. The van der Waals surface area contributed by atoms with Gasteiger partial charge in [-0.2, -0.15) is 5.26 Å². The second-order valence-corrected chi connectivity index (χ2v) is 7.77. The summed E-state index contributed by atoms with van der Waals surface area (Å²) in [5.74, 6) is -0.387. The molecule has 2 aromatic rings. The summed E-state index contributed by atoms with van der Waals surface area (Å²) in [6.07, 6.45) is 1.63. The molecule has 0 aliphatic heterocycles. The van der Waals surface area contributed by atoms with Crippen molar-refractivity contribution in [3.8, 4) is 6.07 Å². The molecule has 2 rings (SSSR count). The van der Waals surface area contributed by atoms with Gasteiger partial charge in [-0.15, -0.1) is 0 Å². The number of nitriles is 1. The van der Waals surface area contributed by atoms with E-state index in [0.29, 0.717) is 0 Å². The number of carbonyl (C=O) groups is 1. The van der Waals surface area contributed by atoms with Crippen molar-refractivity contribution < 1.29 is 4.79 Å². The van der Waals surface area contributed by atoms with Crippen LogP contribution < -0.4 is 5.32 Å². The molecule has 0 saturated carbocycles. The smallest absolute Gasteiger partial charge is 0.266 e. The summed E-state index contributed by atoms with van der Waals surface area (Å²) in [5.41, 5.74) is 6.10. The third-order valence-corrected chi connectivity index (χ3v) is 4.37. The lowest BCUT2D eigenvalue weighted by Gasteiger charge is -2.18. The molecule has 1 amide bonds. The zero-order chi connectivity index (χ0) is 19.5. The second-order valence-electron chi connectivity index (χ2n) is 7.77. The van der Waals surface area contributed by atoms with E-state index in [9.17, 15) is 10.1 Å². The number of hydrogen-bond acceptors (Lipinski definition) is 2. The van der Waals surface area contributed by atoms with Crippen LogP contribution in [0.15, 0.2) is 42.0 Å². The Balaban J connectivity index is 2.27. The number of benzene rings is 2. The minimum atomic E-state index is -0.387. The number of aryl methyl sites for hydroxylation is 3. The summed E-state index contributed by atoms with van der Waals surface area (Å²) in [6.45, 7) is 12.4. The highest BCUT2D eigenvalue weighted by Crippen LogP contribution is 2.24. The maximum atomic E-state index is 12.6. The van der Waals surface area contributed by atoms with E-state index in [1.165, 1.54) is 5.56 Å². The van der Waals surface area contributed by atoms with Gasteiger partial charge in [0.15, 0.2) is 0 Å². The lowest BCUT2D eigenvalue weighted by molar-refractivity contribution is -0.112. The second kappa shape index (κ2) is 7.58. The van der Waals surface area contributed by atoms with Crippen LogP contribution in [-0.2, 0) is 10.2 Å². The first-order valence-corrected chi connectivity index (χ1v) is 8.73. The summed E-state index contributed by atoms with van der Waals surface area (Å²) < 4.78 is 0. The predicted molar refractivity (Wildman–Crippen MR) is 108 cm³/mol. The van der Waals surface area contributed by atoms with Gasteiger partial charge in [0, 0.05) is 5.69 Å². The van der Waals surface area contributed by atoms with Crippen molar-refractivity contribution in [3.05, 3.63) is 69.8 Å². The molecule has 1 N–H and O–H groups in total. The first kappa shape index (κ1) is 19.5. The maximum Gasteiger partial charge on any atom is 0.266 e. The quantitative estimate of drug-likeness (QED) is 0.593. The summed E-state index contributed by atoms with van der Waals surface area (Å²) in [6, 6.07) is 14.0. The Morgan fingerprint density at radius 3 is 2.04 bits per heavy atom. The molecule has 0 fully saturated rings. The molecule has 0 unspecified atom stereocenters. The zero-order valence-electron chi connectivity index (χ0n) is 16.4. The van der Waals surface area contributed by atoms with Gasteiger partial charge < -0.3 is 5.32 Å². The number of amides is 1. The number of hydrogen-bond donors (Lipinski definition) is 1. The highest BCUT2D eigenvalue weighted by Gasteiger charge is 2.15. The average Bonchev–Trinajstić information content (AvgIpc) is 2.55. The maximum absolute atomic E-state index is 12.6. The van der Waals surface area contributed by atoms with Crippen LogP contribution in [0.4, 0.5) is 5.69 Å². The Labute approximate surface area is 156 Å². The van der Waals surface area contributed by atoms with E-state index in [4.69, 9.17) is 0 Å². The van der Waals surface area contributed by atoms with Crippen molar-refractivity contribution in [2.75, 3.05) is 5.32 Å². The molecule has 2 aromatic carbocycles. The van der Waals surface area contributed by atoms with Crippen LogP contribution in [0.2, 0.25) is 0 Å². The summed E-state index contributed by atoms with van der Waals surface area (Å²) >= 11 is 0. The van der Waals surface area contributed by atoms with Crippen LogP contribution >= 0.6 is 0 Å². The Kier molecular flexibility index (Phi) is 5.67. The summed E-state index contributed by atoms with van der Waals surface area (Å²) in [4.78, 5) is 12.6. The molecule has 0 aromatic heterocycles. The molecular formula is C23H26N2O. The number of nitrogens with zero attached hydrogens (tertiary/aromatic N) is 1. The number of carbonyl (C=O) groups excluding carboxylic acids is 1. The van der Waals surface area contributed by atoms with Crippen LogP contribution in [0.5, 0.6) is 0 Å². The Hall–Kier alpha value is -2.86. The van der Waals surface area contributed by atoms with Gasteiger partial charge in [0.25, 0.3) is 5.91 Å². The lowest BCUT2D eigenvalue weighted by atomic mass is 9.86. The van der Waals surface area contributed by atoms with E-state index in [2.05, 4.69) is 26.1 Å². The fourth-order valence-corrected chi connectivity index (χ4v) is 2.95. The molecule has 0 atom stereocenters. The fourth-order valence-electron chi connectivity index (χ4n) is 2.95. The van der Waals surface area contributed by atoms with Crippen LogP contribution in [0, 0.1) is 32.1 Å². The van der Waals surface area contributed by atoms with E-state index in [1.54, 1.807) is 6.08 Å². The largest absolute Gasteiger partial charge is 0.321 e. The van der Waals surface area contributed by atoms with Gasteiger partial charge in [-0.25, -0.2) is 0 Å². The predicted octanol–water partition coefficient (Wildman–Crippen LogP) is 5.46. The fraction of sp³-hybridized carbons (Fsp3) is 0.304. The van der Waals surface area contributed by atoms with Crippen molar-refractivity contribution >= 4 is 17.7 Å². The van der Waals surface area contributed by atoms with Crippen molar-refractivity contribution in [1.82, 2.24) is 0 Å². The van der Waals surface area contributed by atoms with Gasteiger partial charge in [0.05, 0.1) is 0 Å². The molecule has 0 radical (unpaired) electrons. The van der Waals surface area contributed by atoms with Crippen LogP contribution in [0.25, 0.3) is 6.08 Å². The van der Waals surface area contributed by atoms with Crippen LogP contribution in [-0.4, -0.2) is 5.91 Å². The number of anilines is 1. The van der Waals surface area contributed by atoms with Crippen molar-refractivity contribution in [1.29, 1.82) is 5.26 Å². The van der Waals surface area contributed by atoms with E-state index >= 15 is 0 Å². The summed E-state index contributed by atoms with van der Waals surface area (Å²) in [7, 11) is 0. The Morgan fingerprint density at radius 2 is 1.58 bits per heavy atom. The highest BCUT2D eigenvalue weighted by atomic mass is 16.1. The lowest BCUT2D eigenvalue weighted by Crippen LogP contribution is -2.15. The van der Waals surface area contributed by atoms with Crippen LogP contribution in [0.1, 0.15) is 48.6 Å². The first-order valence-electron chi connectivity index (χ1n) is 8.73. The molecule has 26 heavy (non-hydrogen) atoms. The molecule has 0 aliphatic rings. The summed E-state index contributed by atoms with van der Waals surface area (Å²) in [5, 5.41) is 12.3. The standard InChI is InChI=1S/C23H26N2O/c1-15-11-16(2)21(17(3)12-15)25-22(26)19(14-24)13-18-7-9-20(10-8-18)23(4,5)6/h7-13H,1-6H3,(H,25,26)/b19-13+. The van der Waals surface area contributed by atoms with E-state index in [0.717, 1.165) is 27.9 Å². The van der Waals surface area contributed by atoms with Crippen molar-refractivity contribution in [3.63, 3.8) is 0 Å². The van der Waals surface area contributed by atoms with Gasteiger partial charge in [-0.05, 0) is 54.5 Å². The van der Waals surface area contributed by atoms with Gasteiger partial charge in [-0.1, -0.05) is 62.7 Å². The Morgan fingerprint density at radius 1 is 1.04 bits per heavy atom. The minimum absolute atomic E-state index is 0.0676. The first-order chi connectivity index (χ1) is 12.1. The minimum Gasteiger partial charge on any atom is -0.321 e. The number of nitrogens with one attached hydrogen (secondary N) is 1. The zero-order valence-corrected chi connectivity index (χ0v) is 16.4. The molecule has 0 heterocycles.